The largest absolute Gasteiger partial charge is 0.309 e. The lowest BCUT2D eigenvalue weighted by molar-refractivity contribution is 1.18. The lowest BCUT2D eigenvalue weighted by Crippen LogP contribution is -1.95. The average Bonchev–Trinajstić information content (AvgIpc) is 3.43. The van der Waals surface area contributed by atoms with Gasteiger partial charge in [0.15, 0.2) is 0 Å². The van der Waals surface area contributed by atoms with Crippen molar-refractivity contribution in [2.75, 3.05) is 0 Å². The van der Waals surface area contributed by atoms with Crippen LogP contribution >= 0.6 is 0 Å². The van der Waals surface area contributed by atoms with E-state index in [1.165, 1.54) is 38.5 Å². The van der Waals surface area contributed by atoms with Gasteiger partial charge in [0.2, 0.25) is 0 Å². The Labute approximate surface area is 251 Å². The van der Waals surface area contributed by atoms with Gasteiger partial charge in [-0.3, -0.25) is 0 Å². The Bertz CT molecular complexity index is 2160. The zero-order valence-corrected chi connectivity index (χ0v) is 23.6. The fourth-order valence-electron chi connectivity index (χ4n) is 6.09. The molecule has 0 aliphatic heterocycles. The highest BCUT2D eigenvalue weighted by molar-refractivity contribution is 6.09. The van der Waals surface area contributed by atoms with E-state index in [0.29, 0.717) is 0 Å². The van der Waals surface area contributed by atoms with Gasteiger partial charge in [-0.05, 0) is 64.7 Å². The molecule has 8 aromatic rings. The second kappa shape index (κ2) is 10.6. The van der Waals surface area contributed by atoms with Crippen molar-refractivity contribution in [3.05, 3.63) is 170 Å². The molecule has 0 bridgehead atoms. The van der Waals surface area contributed by atoms with E-state index in [4.69, 9.17) is 4.98 Å². The minimum atomic E-state index is 0.954. The van der Waals surface area contributed by atoms with Gasteiger partial charge >= 0.3 is 0 Å². The van der Waals surface area contributed by atoms with Crippen molar-refractivity contribution in [2.45, 2.75) is 0 Å². The smallest absolute Gasteiger partial charge is 0.0715 e. The van der Waals surface area contributed by atoms with Crippen LogP contribution in [0, 0.1) is 0 Å². The molecule has 0 atom stereocenters. The first-order valence-electron chi connectivity index (χ1n) is 14.6. The molecule has 0 unspecified atom stereocenters. The predicted octanol–water partition coefficient (Wildman–Crippen LogP) is 10.8. The van der Waals surface area contributed by atoms with Crippen LogP contribution in [-0.4, -0.2) is 9.55 Å². The molecule has 43 heavy (non-hydrogen) atoms. The van der Waals surface area contributed by atoms with Crippen molar-refractivity contribution in [1.82, 2.24) is 9.55 Å². The fraction of sp³-hybridized carbons (Fsp3) is 0. The first kappa shape index (κ1) is 25.0. The van der Waals surface area contributed by atoms with E-state index >= 15 is 0 Å². The number of hydrogen-bond acceptors (Lipinski definition) is 1. The molecule has 2 nitrogen and oxygen atoms in total. The molecule has 2 heterocycles. The van der Waals surface area contributed by atoms with Crippen LogP contribution in [0.15, 0.2) is 170 Å². The molecular weight excluding hydrogens is 520 g/mol. The first-order valence-corrected chi connectivity index (χ1v) is 14.6. The minimum absolute atomic E-state index is 0.954. The molecular formula is C41H28N2. The van der Waals surface area contributed by atoms with Gasteiger partial charge in [0.1, 0.15) is 0 Å². The molecule has 0 aliphatic carbocycles. The molecule has 6 aromatic carbocycles. The minimum Gasteiger partial charge on any atom is -0.309 e. The van der Waals surface area contributed by atoms with Crippen molar-refractivity contribution in [3.8, 4) is 50.5 Å². The lowest BCUT2D eigenvalue weighted by atomic mass is 9.96. The lowest BCUT2D eigenvalue weighted by Gasteiger charge is -2.13. The van der Waals surface area contributed by atoms with Gasteiger partial charge in [-0.2, -0.15) is 0 Å². The van der Waals surface area contributed by atoms with Crippen LogP contribution in [0.3, 0.4) is 0 Å². The highest BCUT2D eigenvalue weighted by Gasteiger charge is 2.13. The Morgan fingerprint density at radius 1 is 0.326 bits per heavy atom. The van der Waals surface area contributed by atoms with Crippen LogP contribution in [0.1, 0.15) is 0 Å². The Hall–Kier alpha value is -5.73. The summed E-state index contributed by atoms with van der Waals surface area (Å²) in [5.74, 6) is 0. The Kier molecular flexibility index (Phi) is 6.16. The number of hydrogen-bond donors (Lipinski definition) is 0. The summed E-state index contributed by atoms with van der Waals surface area (Å²) in [5, 5.41) is 2.53. The molecule has 0 spiro atoms. The summed E-state index contributed by atoms with van der Waals surface area (Å²) < 4.78 is 2.35. The van der Waals surface area contributed by atoms with Gasteiger partial charge in [-0.25, -0.2) is 4.98 Å². The zero-order chi connectivity index (χ0) is 28.6. The molecule has 2 heteroatoms. The van der Waals surface area contributed by atoms with Crippen molar-refractivity contribution < 1.29 is 0 Å². The molecule has 0 saturated heterocycles. The normalized spacial score (nSPS) is 11.3. The summed E-state index contributed by atoms with van der Waals surface area (Å²) in [5.41, 5.74) is 12.4. The Balaban J connectivity index is 1.25. The van der Waals surface area contributed by atoms with E-state index in [1.54, 1.807) is 0 Å². The number of pyridine rings is 1. The second-order valence-corrected chi connectivity index (χ2v) is 10.9. The highest BCUT2D eigenvalue weighted by Crippen LogP contribution is 2.35. The van der Waals surface area contributed by atoms with Gasteiger partial charge in [-0.15, -0.1) is 0 Å². The summed E-state index contributed by atoms with van der Waals surface area (Å²) in [6, 6.07) is 60.2. The molecule has 202 valence electrons. The molecule has 0 saturated carbocycles. The molecule has 8 rings (SSSR count). The monoisotopic (exact) mass is 548 g/mol. The molecule has 0 N–H and O–H groups in total. The van der Waals surface area contributed by atoms with E-state index in [2.05, 4.69) is 168 Å². The van der Waals surface area contributed by atoms with Crippen molar-refractivity contribution >= 4 is 21.8 Å². The molecule has 0 fully saturated rings. The van der Waals surface area contributed by atoms with Gasteiger partial charge in [-0.1, -0.05) is 127 Å². The summed E-state index contributed by atoms with van der Waals surface area (Å²) in [6.45, 7) is 0. The van der Waals surface area contributed by atoms with E-state index in [-0.39, 0.29) is 0 Å². The van der Waals surface area contributed by atoms with Crippen LogP contribution in [0.25, 0.3) is 72.3 Å². The van der Waals surface area contributed by atoms with Gasteiger partial charge in [0.05, 0.1) is 22.4 Å². The van der Waals surface area contributed by atoms with Gasteiger partial charge < -0.3 is 4.57 Å². The molecule has 0 radical (unpaired) electrons. The van der Waals surface area contributed by atoms with E-state index < -0.39 is 0 Å². The number of aromatic nitrogens is 2. The van der Waals surface area contributed by atoms with Crippen molar-refractivity contribution in [3.63, 3.8) is 0 Å². The van der Waals surface area contributed by atoms with Gasteiger partial charge in [0, 0.05) is 27.6 Å². The maximum Gasteiger partial charge on any atom is 0.0715 e. The van der Waals surface area contributed by atoms with Crippen molar-refractivity contribution in [2.24, 2.45) is 0 Å². The predicted molar refractivity (Wildman–Crippen MR) is 180 cm³/mol. The SMILES string of the molecule is c1ccc(-c2cccc(-c3cc(-c4ccccc4)nc(-c4ccc(-n5c6ccccc6c6ccccc65)cc4)c3)c2)cc1. The number of nitrogens with zero attached hydrogens (tertiary/aromatic N) is 2. The summed E-state index contributed by atoms with van der Waals surface area (Å²) >= 11 is 0. The van der Waals surface area contributed by atoms with Crippen LogP contribution < -0.4 is 0 Å². The average molecular weight is 549 g/mol. The maximum absolute atomic E-state index is 5.17. The summed E-state index contributed by atoms with van der Waals surface area (Å²) in [7, 11) is 0. The van der Waals surface area contributed by atoms with E-state index in [0.717, 1.165) is 33.8 Å². The third-order valence-electron chi connectivity index (χ3n) is 8.20. The van der Waals surface area contributed by atoms with Crippen molar-refractivity contribution in [1.29, 1.82) is 0 Å². The molecule has 0 aliphatic rings. The topological polar surface area (TPSA) is 17.8 Å². The van der Waals surface area contributed by atoms with Crippen LogP contribution in [0.2, 0.25) is 0 Å². The maximum atomic E-state index is 5.17. The van der Waals surface area contributed by atoms with Crippen LogP contribution in [-0.2, 0) is 0 Å². The van der Waals surface area contributed by atoms with Crippen LogP contribution in [0.4, 0.5) is 0 Å². The van der Waals surface area contributed by atoms with E-state index in [1.807, 2.05) is 6.07 Å². The fourth-order valence-corrected chi connectivity index (χ4v) is 6.09. The second-order valence-electron chi connectivity index (χ2n) is 10.9. The molecule has 2 aromatic heterocycles. The highest BCUT2D eigenvalue weighted by atomic mass is 15.0. The first-order chi connectivity index (χ1) is 21.3. The number of fused-ring (bicyclic) bond motifs is 3. The third-order valence-corrected chi connectivity index (χ3v) is 8.20. The molecule has 0 amide bonds. The van der Waals surface area contributed by atoms with Crippen LogP contribution in [0.5, 0.6) is 0 Å². The quantitative estimate of drug-likeness (QED) is 0.209. The zero-order valence-electron chi connectivity index (χ0n) is 23.6. The number of rotatable bonds is 5. The third kappa shape index (κ3) is 4.60. The summed E-state index contributed by atoms with van der Waals surface area (Å²) in [6.07, 6.45) is 0. The Morgan fingerprint density at radius 2 is 0.791 bits per heavy atom. The summed E-state index contributed by atoms with van der Waals surface area (Å²) in [4.78, 5) is 5.17. The van der Waals surface area contributed by atoms with Gasteiger partial charge in [0.25, 0.3) is 0 Å². The van der Waals surface area contributed by atoms with E-state index in [9.17, 15) is 0 Å². The standard InChI is InChI=1S/C41H28N2/c1-3-12-29(13-4-1)32-16-11-17-33(26-32)34-27-38(30-14-5-2-6-15-30)42-39(28-34)31-22-24-35(25-23-31)43-40-20-9-7-18-36(40)37-19-8-10-21-41(37)43/h1-28H. The Morgan fingerprint density at radius 3 is 1.40 bits per heavy atom. The number of para-hydroxylation sites is 2. The number of benzene rings is 6.